The van der Waals surface area contributed by atoms with Crippen molar-refractivity contribution in [1.29, 1.82) is 0 Å². The van der Waals surface area contributed by atoms with Crippen molar-refractivity contribution in [3.8, 4) is 0 Å². The van der Waals surface area contributed by atoms with E-state index in [1.54, 1.807) is 0 Å². The number of nitrogens with zero attached hydrogens (tertiary/aromatic N) is 3. The van der Waals surface area contributed by atoms with Crippen molar-refractivity contribution in [3.63, 3.8) is 0 Å². The molecule has 0 aromatic carbocycles. The van der Waals surface area contributed by atoms with Gasteiger partial charge in [-0.2, -0.15) is 0 Å². The van der Waals surface area contributed by atoms with Crippen LogP contribution in [-0.4, -0.2) is 73.6 Å². The normalized spacial score (nSPS) is 31.7. The Morgan fingerprint density at radius 2 is 2.00 bits per heavy atom. The molecule has 3 fully saturated rings. The minimum Gasteiger partial charge on any atom is -0.379 e. The third-order valence-electron chi connectivity index (χ3n) is 6.38. The van der Waals surface area contributed by atoms with Crippen LogP contribution < -0.4 is 0 Å². The highest BCUT2D eigenvalue weighted by Crippen LogP contribution is 2.34. The maximum absolute atomic E-state index is 6.42. The Bertz CT molecular complexity index is 563. The van der Waals surface area contributed by atoms with Gasteiger partial charge in [-0.3, -0.25) is 4.90 Å². The second-order valence-corrected chi connectivity index (χ2v) is 8.12. The zero-order valence-electron chi connectivity index (χ0n) is 15.7. The summed E-state index contributed by atoms with van der Waals surface area (Å²) in [5.41, 5.74) is 2.23. The molecule has 4 rings (SSSR count). The monoisotopic (exact) mass is 349 g/mol. The van der Waals surface area contributed by atoms with E-state index in [-0.39, 0.29) is 0 Å². The Kier molecular flexibility index (Phi) is 5.13. The average molecular weight is 349 g/mol. The molecule has 6 heteroatoms. The summed E-state index contributed by atoms with van der Waals surface area (Å²) >= 11 is 0. The minimum absolute atomic E-state index is 0.299. The maximum Gasteiger partial charge on any atom is 0.138 e. The lowest BCUT2D eigenvalue weighted by Crippen LogP contribution is -2.34. The fraction of sp³-hybridized carbons (Fsp3) is 0.842. The highest BCUT2D eigenvalue weighted by molar-refractivity contribution is 5.21. The Labute approximate surface area is 150 Å². The third kappa shape index (κ3) is 3.63. The van der Waals surface area contributed by atoms with Crippen molar-refractivity contribution in [2.45, 2.75) is 45.4 Å². The summed E-state index contributed by atoms with van der Waals surface area (Å²) in [5, 5.41) is 4.10. The van der Waals surface area contributed by atoms with Gasteiger partial charge in [0.15, 0.2) is 0 Å². The molecule has 0 spiro atoms. The predicted molar refractivity (Wildman–Crippen MR) is 94.4 cm³/mol. The van der Waals surface area contributed by atoms with E-state index in [1.165, 1.54) is 31.5 Å². The van der Waals surface area contributed by atoms with Crippen LogP contribution >= 0.6 is 0 Å². The largest absolute Gasteiger partial charge is 0.379 e. The van der Waals surface area contributed by atoms with Gasteiger partial charge in [-0.05, 0) is 52.7 Å². The molecular weight excluding hydrogens is 318 g/mol. The fourth-order valence-electron chi connectivity index (χ4n) is 4.57. The molecule has 0 N–H and O–H groups in total. The lowest BCUT2D eigenvalue weighted by Gasteiger charge is -2.30. The molecule has 0 radical (unpaired) electrons. The standard InChI is InChI=1S/C19H31N3O3/c1-13-16(14(2)25-20-13)8-22-9-19(17-11-23-12-18(17)22)24-10-15-4-6-21(3)7-5-15/h15,17-19H,4-12H2,1-3H3/t17-,18+,19-/m1/s1. The molecule has 25 heavy (non-hydrogen) atoms. The smallest absolute Gasteiger partial charge is 0.138 e. The fourth-order valence-corrected chi connectivity index (χ4v) is 4.57. The molecule has 3 saturated heterocycles. The minimum atomic E-state index is 0.299. The van der Waals surface area contributed by atoms with Crippen LogP contribution in [0.2, 0.25) is 0 Å². The summed E-state index contributed by atoms with van der Waals surface area (Å²) in [5.74, 6) is 2.16. The number of likely N-dealkylation sites (tertiary alicyclic amines) is 2. The van der Waals surface area contributed by atoms with Gasteiger partial charge in [-0.25, -0.2) is 0 Å². The lowest BCUT2D eigenvalue weighted by atomic mass is 9.97. The molecule has 0 saturated carbocycles. The van der Waals surface area contributed by atoms with Crippen molar-refractivity contribution >= 4 is 0 Å². The van der Waals surface area contributed by atoms with Crippen LogP contribution in [0.5, 0.6) is 0 Å². The van der Waals surface area contributed by atoms with Crippen molar-refractivity contribution in [1.82, 2.24) is 15.0 Å². The molecule has 3 aliphatic heterocycles. The van der Waals surface area contributed by atoms with E-state index < -0.39 is 0 Å². The number of rotatable bonds is 5. The van der Waals surface area contributed by atoms with Crippen molar-refractivity contribution in [3.05, 3.63) is 17.0 Å². The number of piperidine rings is 1. The van der Waals surface area contributed by atoms with Crippen LogP contribution in [-0.2, 0) is 16.0 Å². The van der Waals surface area contributed by atoms with E-state index in [9.17, 15) is 0 Å². The van der Waals surface area contributed by atoms with Crippen molar-refractivity contribution in [2.75, 3.05) is 46.5 Å². The number of ether oxygens (including phenoxy) is 2. The van der Waals surface area contributed by atoms with Gasteiger partial charge in [0.1, 0.15) is 5.76 Å². The lowest BCUT2D eigenvalue weighted by molar-refractivity contribution is -0.00872. The number of fused-ring (bicyclic) bond motifs is 1. The van der Waals surface area contributed by atoms with Crippen LogP contribution in [0, 0.1) is 25.7 Å². The van der Waals surface area contributed by atoms with Gasteiger partial charge in [-0.1, -0.05) is 5.16 Å². The zero-order chi connectivity index (χ0) is 17.4. The first-order chi connectivity index (χ1) is 12.1. The highest BCUT2D eigenvalue weighted by atomic mass is 16.5. The van der Waals surface area contributed by atoms with Gasteiger partial charge in [0.2, 0.25) is 0 Å². The first kappa shape index (κ1) is 17.5. The number of hydrogen-bond acceptors (Lipinski definition) is 6. The number of aromatic nitrogens is 1. The molecule has 1 aromatic heterocycles. The van der Waals surface area contributed by atoms with Crippen LogP contribution in [0.25, 0.3) is 0 Å². The van der Waals surface area contributed by atoms with E-state index in [1.807, 2.05) is 13.8 Å². The number of hydrogen-bond donors (Lipinski definition) is 0. The molecule has 1 aromatic rings. The summed E-state index contributed by atoms with van der Waals surface area (Å²) in [6, 6.07) is 0.469. The molecule has 6 nitrogen and oxygen atoms in total. The summed E-state index contributed by atoms with van der Waals surface area (Å²) in [7, 11) is 2.21. The zero-order valence-corrected chi connectivity index (χ0v) is 15.7. The van der Waals surface area contributed by atoms with Crippen LogP contribution in [0.4, 0.5) is 0 Å². The third-order valence-corrected chi connectivity index (χ3v) is 6.38. The first-order valence-corrected chi connectivity index (χ1v) is 9.65. The topological polar surface area (TPSA) is 51.0 Å². The van der Waals surface area contributed by atoms with Gasteiger partial charge in [0.05, 0.1) is 25.0 Å². The van der Waals surface area contributed by atoms with Crippen molar-refractivity contribution < 1.29 is 14.0 Å². The Balaban J connectivity index is 1.36. The Morgan fingerprint density at radius 1 is 1.20 bits per heavy atom. The molecule has 3 atom stereocenters. The van der Waals surface area contributed by atoms with Crippen LogP contribution in [0.15, 0.2) is 4.52 Å². The second-order valence-electron chi connectivity index (χ2n) is 8.12. The van der Waals surface area contributed by atoms with E-state index in [4.69, 9.17) is 14.0 Å². The quantitative estimate of drug-likeness (QED) is 0.809. The summed E-state index contributed by atoms with van der Waals surface area (Å²) in [4.78, 5) is 4.93. The molecule has 4 heterocycles. The van der Waals surface area contributed by atoms with Gasteiger partial charge >= 0.3 is 0 Å². The molecule has 3 aliphatic rings. The van der Waals surface area contributed by atoms with Gasteiger partial charge in [0, 0.05) is 37.2 Å². The summed E-state index contributed by atoms with van der Waals surface area (Å²) in [6.07, 6.45) is 2.82. The SMILES string of the molecule is Cc1noc(C)c1CN1C[C@@H](OCC2CCN(C)CC2)[C@@H]2COC[C@@H]21. The number of aryl methyl sites for hydroxylation is 2. The molecule has 0 aliphatic carbocycles. The molecule has 0 amide bonds. The van der Waals surface area contributed by atoms with Crippen LogP contribution in [0.3, 0.4) is 0 Å². The molecular formula is C19H31N3O3. The summed E-state index contributed by atoms with van der Waals surface area (Å²) in [6.45, 7) is 10.9. The van der Waals surface area contributed by atoms with Gasteiger partial charge in [-0.15, -0.1) is 0 Å². The van der Waals surface area contributed by atoms with E-state index in [0.717, 1.165) is 44.4 Å². The van der Waals surface area contributed by atoms with Crippen LogP contribution in [0.1, 0.15) is 29.9 Å². The highest BCUT2D eigenvalue weighted by Gasteiger charge is 2.46. The first-order valence-electron chi connectivity index (χ1n) is 9.65. The molecule has 140 valence electrons. The predicted octanol–water partition coefficient (Wildman–Crippen LogP) is 1.85. The second kappa shape index (κ2) is 7.35. The summed E-state index contributed by atoms with van der Waals surface area (Å²) < 4.78 is 17.5. The Morgan fingerprint density at radius 3 is 2.72 bits per heavy atom. The molecule has 0 unspecified atom stereocenters. The van der Waals surface area contributed by atoms with Crippen molar-refractivity contribution in [2.24, 2.45) is 11.8 Å². The van der Waals surface area contributed by atoms with E-state index in [2.05, 4.69) is 22.0 Å². The maximum atomic E-state index is 6.42. The van der Waals surface area contributed by atoms with E-state index in [0.29, 0.717) is 24.0 Å². The van der Waals surface area contributed by atoms with E-state index >= 15 is 0 Å². The Hall–Kier alpha value is -0.950. The van der Waals surface area contributed by atoms with Gasteiger partial charge < -0.3 is 18.9 Å². The average Bonchev–Trinajstić information content (AvgIpc) is 3.28. The van der Waals surface area contributed by atoms with Gasteiger partial charge in [0.25, 0.3) is 0 Å². The molecule has 0 bridgehead atoms.